The monoisotopic (exact) mass is 156 g/mol. The van der Waals surface area contributed by atoms with Crippen molar-refractivity contribution < 1.29 is 14.2 Å². The summed E-state index contributed by atoms with van der Waals surface area (Å²) in [6.45, 7) is 0. The van der Waals surface area contributed by atoms with Gasteiger partial charge in [-0.05, 0) is 12.1 Å². The van der Waals surface area contributed by atoms with E-state index in [1.807, 2.05) is 0 Å². The van der Waals surface area contributed by atoms with Crippen LogP contribution in [0.3, 0.4) is 0 Å². The molecule has 1 aromatic carbocycles. The van der Waals surface area contributed by atoms with Crippen LogP contribution in [0.2, 0.25) is 0 Å². The molecule has 1 rings (SSSR count). The average Bonchev–Trinajstić information content (AvgIpc) is 2.04. The Balaban J connectivity index is 3.02. The Morgan fingerprint density at radius 2 is 2.09 bits per heavy atom. The maximum Gasteiger partial charge on any atom is 0.226 e. The van der Waals surface area contributed by atoms with Crippen LogP contribution in [0.1, 0.15) is 11.9 Å². The predicted octanol–water partition coefficient (Wildman–Crippen LogP) is 1.66. The van der Waals surface area contributed by atoms with Gasteiger partial charge in [0.05, 0.1) is 12.7 Å². The van der Waals surface area contributed by atoms with Crippen LogP contribution >= 0.6 is 0 Å². The van der Waals surface area contributed by atoms with Gasteiger partial charge >= 0.3 is 0 Å². The van der Waals surface area contributed by atoms with Crippen LogP contribution in [0, 0.1) is 0 Å². The van der Waals surface area contributed by atoms with Crippen molar-refractivity contribution in [2.75, 3.05) is 7.11 Å². The maximum absolute atomic E-state index is 12.4. The Bertz CT molecular complexity index is 235. The van der Waals surface area contributed by atoms with E-state index in [4.69, 9.17) is 9.84 Å². The van der Waals surface area contributed by atoms with Gasteiger partial charge in [-0.3, -0.25) is 0 Å². The van der Waals surface area contributed by atoms with Crippen molar-refractivity contribution >= 4 is 0 Å². The molecule has 0 fully saturated rings. The summed E-state index contributed by atoms with van der Waals surface area (Å²) in [5.74, 6) is 0.363. The van der Waals surface area contributed by atoms with E-state index < -0.39 is 6.36 Å². The van der Waals surface area contributed by atoms with E-state index in [-0.39, 0.29) is 5.56 Å². The molecule has 0 aliphatic heterocycles. The summed E-state index contributed by atoms with van der Waals surface area (Å²) in [6.07, 6.45) is -1.97. The van der Waals surface area contributed by atoms with Gasteiger partial charge < -0.3 is 9.84 Å². The minimum absolute atomic E-state index is 0.162. The summed E-state index contributed by atoms with van der Waals surface area (Å²) >= 11 is 0. The summed E-state index contributed by atoms with van der Waals surface area (Å²) in [4.78, 5) is 0. The predicted molar refractivity (Wildman–Crippen MR) is 39.1 cm³/mol. The minimum atomic E-state index is -1.97. The van der Waals surface area contributed by atoms with E-state index in [0.717, 1.165) is 0 Å². The first-order valence-electron chi connectivity index (χ1n) is 3.20. The van der Waals surface area contributed by atoms with E-state index >= 15 is 0 Å². The van der Waals surface area contributed by atoms with Gasteiger partial charge in [0.15, 0.2) is 0 Å². The number of aliphatic hydroxyl groups is 1. The minimum Gasteiger partial charge on any atom is -0.496 e. The van der Waals surface area contributed by atoms with Crippen molar-refractivity contribution in [2.24, 2.45) is 0 Å². The number of methoxy groups -OCH3 is 1. The van der Waals surface area contributed by atoms with E-state index in [1.54, 1.807) is 18.2 Å². The first kappa shape index (κ1) is 8.01. The van der Waals surface area contributed by atoms with Gasteiger partial charge in [0.1, 0.15) is 5.75 Å². The quantitative estimate of drug-likeness (QED) is 0.705. The lowest BCUT2D eigenvalue weighted by molar-refractivity contribution is 0.0389. The van der Waals surface area contributed by atoms with Crippen molar-refractivity contribution in [3.63, 3.8) is 0 Å². The zero-order valence-electron chi connectivity index (χ0n) is 6.12. The Kier molecular flexibility index (Phi) is 2.44. The number of alkyl halides is 1. The summed E-state index contributed by atoms with van der Waals surface area (Å²) < 4.78 is 17.2. The molecule has 0 aliphatic rings. The molecule has 1 aromatic rings. The normalized spacial score (nSPS) is 12.6. The molecule has 0 bridgehead atoms. The van der Waals surface area contributed by atoms with Gasteiger partial charge in [-0.2, -0.15) is 0 Å². The van der Waals surface area contributed by atoms with Crippen molar-refractivity contribution in [2.45, 2.75) is 6.36 Å². The molecule has 2 nitrogen and oxygen atoms in total. The highest BCUT2D eigenvalue weighted by Crippen LogP contribution is 2.24. The number of para-hydroxylation sites is 1. The molecule has 0 saturated heterocycles. The SMILES string of the molecule is COc1ccccc1C(O)F. The molecule has 0 heterocycles. The first-order chi connectivity index (χ1) is 5.25. The molecular formula is C8H9FO2. The zero-order chi connectivity index (χ0) is 8.27. The topological polar surface area (TPSA) is 29.5 Å². The number of hydrogen-bond acceptors (Lipinski definition) is 2. The van der Waals surface area contributed by atoms with Gasteiger partial charge in [0, 0.05) is 0 Å². The van der Waals surface area contributed by atoms with Crippen molar-refractivity contribution in [1.29, 1.82) is 0 Å². The zero-order valence-corrected chi connectivity index (χ0v) is 6.12. The number of benzene rings is 1. The van der Waals surface area contributed by atoms with Crippen LogP contribution in [-0.2, 0) is 0 Å². The second kappa shape index (κ2) is 3.34. The highest BCUT2D eigenvalue weighted by molar-refractivity contribution is 5.33. The number of rotatable bonds is 2. The Labute approximate surface area is 64.2 Å². The summed E-state index contributed by atoms with van der Waals surface area (Å²) in [6, 6.07) is 6.42. The highest BCUT2D eigenvalue weighted by Gasteiger charge is 2.09. The molecule has 1 unspecified atom stereocenters. The maximum atomic E-state index is 12.4. The third-order valence-electron chi connectivity index (χ3n) is 1.40. The van der Waals surface area contributed by atoms with Gasteiger partial charge in [0.2, 0.25) is 6.36 Å². The Morgan fingerprint density at radius 1 is 1.45 bits per heavy atom. The fourth-order valence-corrected chi connectivity index (χ4v) is 0.863. The molecule has 0 aliphatic carbocycles. The lowest BCUT2D eigenvalue weighted by Crippen LogP contribution is -1.93. The molecule has 11 heavy (non-hydrogen) atoms. The largest absolute Gasteiger partial charge is 0.496 e. The third kappa shape index (κ3) is 1.68. The van der Waals surface area contributed by atoms with E-state index in [2.05, 4.69) is 0 Å². The van der Waals surface area contributed by atoms with Crippen LogP contribution in [0.15, 0.2) is 24.3 Å². The molecule has 0 saturated carbocycles. The number of ether oxygens (including phenoxy) is 1. The van der Waals surface area contributed by atoms with Crippen LogP contribution in [0.25, 0.3) is 0 Å². The average molecular weight is 156 g/mol. The standard InChI is InChI=1S/C8H9FO2/c1-11-7-5-3-2-4-6(7)8(9)10/h2-5,8,10H,1H3. The van der Waals surface area contributed by atoms with Crippen molar-refractivity contribution in [3.05, 3.63) is 29.8 Å². The molecule has 60 valence electrons. The summed E-state index contributed by atoms with van der Waals surface area (Å²) in [7, 11) is 1.43. The second-order valence-corrected chi connectivity index (χ2v) is 2.08. The molecule has 0 amide bonds. The number of hydrogen-bond donors (Lipinski definition) is 1. The fourth-order valence-electron chi connectivity index (χ4n) is 0.863. The van der Waals surface area contributed by atoms with E-state index in [1.165, 1.54) is 13.2 Å². The van der Waals surface area contributed by atoms with Crippen LogP contribution in [0.4, 0.5) is 4.39 Å². The molecule has 1 atom stereocenters. The van der Waals surface area contributed by atoms with Crippen molar-refractivity contribution in [3.8, 4) is 5.75 Å². The molecule has 0 radical (unpaired) electrons. The Hall–Kier alpha value is -1.09. The van der Waals surface area contributed by atoms with Gasteiger partial charge in [-0.1, -0.05) is 12.1 Å². The van der Waals surface area contributed by atoms with Crippen LogP contribution in [0.5, 0.6) is 5.75 Å². The second-order valence-electron chi connectivity index (χ2n) is 2.08. The Morgan fingerprint density at radius 3 is 2.55 bits per heavy atom. The van der Waals surface area contributed by atoms with Gasteiger partial charge in [-0.25, -0.2) is 4.39 Å². The van der Waals surface area contributed by atoms with Crippen LogP contribution < -0.4 is 4.74 Å². The molecule has 1 N–H and O–H groups in total. The third-order valence-corrected chi connectivity index (χ3v) is 1.40. The molecule has 3 heteroatoms. The molecular weight excluding hydrogens is 147 g/mol. The summed E-state index contributed by atoms with van der Waals surface area (Å²) in [5.41, 5.74) is 0.162. The lowest BCUT2D eigenvalue weighted by atomic mass is 10.2. The van der Waals surface area contributed by atoms with Crippen molar-refractivity contribution in [1.82, 2.24) is 0 Å². The fraction of sp³-hybridized carbons (Fsp3) is 0.250. The molecule has 0 aromatic heterocycles. The van der Waals surface area contributed by atoms with Crippen LogP contribution in [-0.4, -0.2) is 12.2 Å². The molecule has 0 spiro atoms. The van der Waals surface area contributed by atoms with Gasteiger partial charge in [0.25, 0.3) is 0 Å². The highest BCUT2D eigenvalue weighted by atomic mass is 19.1. The van der Waals surface area contributed by atoms with E-state index in [0.29, 0.717) is 5.75 Å². The number of aliphatic hydroxyl groups excluding tert-OH is 1. The summed E-state index contributed by atoms with van der Waals surface area (Å²) in [5, 5.41) is 8.59. The number of halogens is 1. The first-order valence-corrected chi connectivity index (χ1v) is 3.20. The smallest absolute Gasteiger partial charge is 0.226 e. The van der Waals surface area contributed by atoms with Gasteiger partial charge in [-0.15, -0.1) is 0 Å². The van der Waals surface area contributed by atoms with E-state index in [9.17, 15) is 4.39 Å². The lowest BCUT2D eigenvalue weighted by Gasteiger charge is -2.06.